The Balaban J connectivity index is 1.39. The number of rotatable bonds is 6. The van der Waals surface area contributed by atoms with Gasteiger partial charge in [-0.25, -0.2) is 5.43 Å². The normalized spacial score (nSPS) is 15.8. The molecule has 2 aromatic rings. The number of nitrogens with zero attached hydrogens (tertiary/aromatic N) is 3. The summed E-state index contributed by atoms with van der Waals surface area (Å²) in [7, 11) is 0. The summed E-state index contributed by atoms with van der Waals surface area (Å²) in [6.07, 6.45) is 1.55. The lowest BCUT2D eigenvalue weighted by atomic mass is 10.2. The summed E-state index contributed by atoms with van der Waals surface area (Å²) in [5, 5.41) is 5.67. The molecule has 0 spiro atoms. The fourth-order valence-electron chi connectivity index (χ4n) is 2.96. The minimum Gasteiger partial charge on any atom is -0.297 e. The van der Waals surface area contributed by atoms with E-state index in [4.69, 9.17) is 34.8 Å². The molecule has 1 aliphatic heterocycles. The van der Waals surface area contributed by atoms with Crippen LogP contribution in [0.1, 0.15) is 11.1 Å². The highest BCUT2D eigenvalue weighted by Crippen LogP contribution is 2.21. The number of amides is 1. The molecule has 1 fully saturated rings. The highest BCUT2D eigenvalue weighted by Gasteiger charge is 2.18. The van der Waals surface area contributed by atoms with Crippen LogP contribution in [0.4, 0.5) is 0 Å². The molecule has 1 aliphatic rings. The molecule has 148 valence electrons. The minimum atomic E-state index is -0.137. The number of carbonyl (C=O) groups is 1. The zero-order chi connectivity index (χ0) is 19.9. The van der Waals surface area contributed by atoms with Crippen molar-refractivity contribution in [2.75, 3.05) is 32.7 Å². The zero-order valence-electron chi connectivity index (χ0n) is 15.2. The topological polar surface area (TPSA) is 47.9 Å². The maximum absolute atomic E-state index is 12.1. The first-order valence-electron chi connectivity index (χ1n) is 8.96. The van der Waals surface area contributed by atoms with Crippen LogP contribution in [0.3, 0.4) is 0 Å². The number of nitrogens with one attached hydrogen (secondary N) is 1. The van der Waals surface area contributed by atoms with Crippen LogP contribution in [0.25, 0.3) is 0 Å². The van der Waals surface area contributed by atoms with E-state index in [1.165, 1.54) is 5.56 Å². The summed E-state index contributed by atoms with van der Waals surface area (Å²) in [5.41, 5.74) is 4.57. The van der Waals surface area contributed by atoms with Crippen LogP contribution in [0.2, 0.25) is 15.1 Å². The SMILES string of the molecule is O=C(CN1CCN(Cc2ccc(Cl)cc2)CC1)NN=Cc1ccc(Cl)c(Cl)c1. The van der Waals surface area contributed by atoms with Gasteiger partial charge in [-0.2, -0.15) is 5.10 Å². The molecule has 0 aliphatic carbocycles. The fraction of sp³-hybridized carbons (Fsp3) is 0.300. The van der Waals surface area contributed by atoms with E-state index in [-0.39, 0.29) is 5.91 Å². The number of halogens is 3. The predicted octanol–water partition coefficient (Wildman–Crippen LogP) is 3.91. The third-order valence-corrected chi connectivity index (χ3v) is 5.49. The molecule has 5 nitrogen and oxygen atoms in total. The van der Waals surface area contributed by atoms with Gasteiger partial charge >= 0.3 is 0 Å². The zero-order valence-corrected chi connectivity index (χ0v) is 17.5. The Morgan fingerprint density at radius 1 is 0.964 bits per heavy atom. The van der Waals surface area contributed by atoms with E-state index in [0.717, 1.165) is 43.3 Å². The first-order valence-corrected chi connectivity index (χ1v) is 10.1. The Labute approximate surface area is 179 Å². The van der Waals surface area contributed by atoms with E-state index < -0.39 is 0 Å². The average Bonchev–Trinajstić information content (AvgIpc) is 2.68. The van der Waals surface area contributed by atoms with Crippen LogP contribution in [0.15, 0.2) is 47.6 Å². The predicted molar refractivity (Wildman–Crippen MR) is 115 cm³/mol. The summed E-state index contributed by atoms with van der Waals surface area (Å²) in [5.74, 6) is -0.137. The molecule has 2 aromatic carbocycles. The first-order chi connectivity index (χ1) is 13.5. The van der Waals surface area contributed by atoms with Gasteiger partial charge in [0.25, 0.3) is 5.91 Å². The number of hydrogen-bond acceptors (Lipinski definition) is 4. The molecule has 1 amide bonds. The molecule has 0 bridgehead atoms. The Morgan fingerprint density at radius 2 is 1.64 bits per heavy atom. The van der Waals surface area contributed by atoms with E-state index in [1.807, 2.05) is 24.3 Å². The van der Waals surface area contributed by atoms with Gasteiger partial charge < -0.3 is 0 Å². The van der Waals surface area contributed by atoms with Crippen LogP contribution in [0.5, 0.6) is 0 Å². The number of hydrogen-bond donors (Lipinski definition) is 1. The van der Waals surface area contributed by atoms with Gasteiger partial charge in [-0.3, -0.25) is 14.6 Å². The van der Waals surface area contributed by atoms with E-state index in [0.29, 0.717) is 16.6 Å². The molecule has 1 heterocycles. The smallest absolute Gasteiger partial charge is 0.254 e. The standard InChI is InChI=1S/C20H21Cl3N4O/c21-17-4-1-15(2-5-17)13-26-7-9-27(10-8-26)14-20(28)25-24-12-16-3-6-18(22)19(23)11-16/h1-6,11-12H,7-10,13-14H2,(H,25,28). The number of piperazine rings is 1. The van der Waals surface area contributed by atoms with Gasteiger partial charge in [0, 0.05) is 37.7 Å². The first kappa shape index (κ1) is 21.1. The van der Waals surface area contributed by atoms with Gasteiger partial charge in [-0.1, -0.05) is 53.0 Å². The lowest BCUT2D eigenvalue weighted by Gasteiger charge is -2.34. The third-order valence-electron chi connectivity index (χ3n) is 4.50. The molecule has 0 atom stereocenters. The molecular formula is C20H21Cl3N4O. The van der Waals surface area contributed by atoms with Crippen molar-refractivity contribution in [2.24, 2.45) is 5.10 Å². The second-order valence-electron chi connectivity index (χ2n) is 6.65. The summed E-state index contributed by atoms with van der Waals surface area (Å²) in [6, 6.07) is 13.1. The van der Waals surface area contributed by atoms with Crippen LogP contribution in [-0.2, 0) is 11.3 Å². The maximum Gasteiger partial charge on any atom is 0.254 e. The van der Waals surface area contributed by atoms with Crippen molar-refractivity contribution in [3.8, 4) is 0 Å². The van der Waals surface area contributed by atoms with Crippen LogP contribution >= 0.6 is 34.8 Å². The molecule has 1 N–H and O–H groups in total. The van der Waals surface area contributed by atoms with Gasteiger partial charge in [-0.05, 0) is 35.4 Å². The second kappa shape index (κ2) is 10.2. The Kier molecular flexibility index (Phi) is 7.71. The van der Waals surface area contributed by atoms with Gasteiger partial charge in [0.05, 0.1) is 22.8 Å². The number of hydrazone groups is 1. The molecule has 8 heteroatoms. The Hall–Kier alpha value is -1.63. The Bertz CT molecular complexity index is 834. The maximum atomic E-state index is 12.1. The van der Waals surface area contributed by atoms with Gasteiger partial charge in [0.1, 0.15) is 0 Å². The summed E-state index contributed by atoms with van der Waals surface area (Å²) in [4.78, 5) is 16.6. The lowest BCUT2D eigenvalue weighted by Crippen LogP contribution is -2.48. The molecule has 0 saturated carbocycles. The van der Waals surface area contributed by atoms with E-state index in [9.17, 15) is 4.79 Å². The van der Waals surface area contributed by atoms with Gasteiger partial charge in [0.2, 0.25) is 0 Å². The van der Waals surface area contributed by atoms with Gasteiger partial charge in [-0.15, -0.1) is 0 Å². The van der Waals surface area contributed by atoms with Crippen molar-refractivity contribution in [1.82, 2.24) is 15.2 Å². The van der Waals surface area contributed by atoms with Crippen LogP contribution in [0, 0.1) is 0 Å². The molecule has 0 radical (unpaired) electrons. The molecule has 3 rings (SSSR count). The molecule has 28 heavy (non-hydrogen) atoms. The lowest BCUT2D eigenvalue weighted by molar-refractivity contribution is -0.122. The quantitative estimate of drug-likeness (QED) is 0.548. The monoisotopic (exact) mass is 438 g/mol. The summed E-state index contributed by atoms with van der Waals surface area (Å²) >= 11 is 17.8. The van der Waals surface area contributed by atoms with Gasteiger partial charge in [0.15, 0.2) is 0 Å². The third kappa shape index (κ3) is 6.47. The second-order valence-corrected chi connectivity index (χ2v) is 7.90. The fourth-order valence-corrected chi connectivity index (χ4v) is 3.40. The van der Waals surface area contributed by atoms with Crippen molar-refractivity contribution in [2.45, 2.75) is 6.54 Å². The van der Waals surface area contributed by atoms with E-state index in [2.05, 4.69) is 20.3 Å². The number of carbonyl (C=O) groups excluding carboxylic acids is 1. The summed E-state index contributed by atoms with van der Waals surface area (Å²) in [6.45, 7) is 4.75. The van der Waals surface area contributed by atoms with Crippen molar-refractivity contribution in [3.63, 3.8) is 0 Å². The average molecular weight is 440 g/mol. The van der Waals surface area contributed by atoms with Crippen LogP contribution < -0.4 is 5.43 Å². The van der Waals surface area contributed by atoms with Crippen molar-refractivity contribution in [3.05, 3.63) is 68.7 Å². The van der Waals surface area contributed by atoms with E-state index in [1.54, 1.807) is 24.4 Å². The molecule has 0 unspecified atom stereocenters. The van der Waals surface area contributed by atoms with Crippen molar-refractivity contribution in [1.29, 1.82) is 0 Å². The largest absolute Gasteiger partial charge is 0.297 e. The highest BCUT2D eigenvalue weighted by atomic mass is 35.5. The molecule has 0 aromatic heterocycles. The van der Waals surface area contributed by atoms with Crippen molar-refractivity contribution >= 4 is 46.9 Å². The van der Waals surface area contributed by atoms with E-state index >= 15 is 0 Å². The van der Waals surface area contributed by atoms with Crippen molar-refractivity contribution < 1.29 is 4.79 Å². The molecule has 1 saturated heterocycles. The molecular weight excluding hydrogens is 419 g/mol. The van der Waals surface area contributed by atoms with Crippen LogP contribution in [-0.4, -0.2) is 54.6 Å². The Morgan fingerprint density at radius 3 is 2.32 bits per heavy atom. The number of benzene rings is 2. The minimum absolute atomic E-state index is 0.137. The highest BCUT2D eigenvalue weighted by molar-refractivity contribution is 6.42. The summed E-state index contributed by atoms with van der Waals surface area (Å²) < 4.78 is 0.